The minimum absolute atomic E-state index is 0.472. The fourth-order valence-electron chi connectivity index (χ4n) is 0.450. The van der Waals surface area contributed by atoms with Crippen LogP contribution >= 0.6 is 0 Å². The van der Waals surface area contributed by atoms with Gasteiger partial charge in [0, 0.05) is 0 Å². The number of halogens is 6. The molecule has 16 heavy (non-hydrogen) atoms. The SMILES string of the molecule is C[C@H](OC(=O)O[C@@H](C)C(F)(F)F)C(F)(F)F. The molecular formula is C7H8F6O3. The van der Waals surface area contributed by atoms with Crippen molar-refractivity contribution in [2.45, 2.75) is 38.4 Å². The Labute approximate surface area is 86.3 Å². The molecule has 0 heterocycles. The van der Waals surface area contributed by atoms with Crippen molar-refractivity contribution in [1.82, 2.24) is 0 Å². The lowest BCUT2D eigenvalue weighted by Gasteiger charge is -2.19. The fraction of sp³-hybridized carbons (Fsp3) is 0.857. The van der Waals surface area contributed by atoms with Crippen LogP contribution in [0.2, 0.25) is 0 Å². The van der Waals surface area contributed by atoms with Gasteiger partial charge < -0.3 is 9.47 Å². The molecule has 0 saturated carbocycles. The minimum atomic E-state index is -4.85. The largest absolute Gasteiger partial charge is 0.509 e. The predicted molar refractivity (Wildman–Crippen MR) is 38.6 cm³/mol. The standard InChI is InChI=1S/C7H8F6O3/c1-3(6(8,9)10)15-5(14)16-4(2)7(11,12)13/h3-4H,1-2H3/t3-,4-/m0/s1. The van der Waals surface area contributed by atoms with Crippen LogP contribution in [0.1, 0.15) is 13.8 Å². The van der Waals surface area contributed by atoms with Crippen LogP contribution in [0, 0.1) is 0 Å². The lowest BCUT2D eigenvalue weighted by molar-refractivity contribution is -0.223. The zero-order valence-corrected chi connectivity index (χ0v) is 8.15. The van der Waals surface area contributed by atoms with Gasteiger partial charge >= 0.3 is 18.5 Å². The molecule has 0 rings (SSSR count). The summed E-state index contributed by atoms with van der Waals surface area (Å²) in [5, 5.41) is 0. The Kier molecular flexibility index (Phi) is 4.45. The van der Waals surface area contributed by atoms with Crippen LogP contribution in [0.3, 0.4) is 0 Å². The molecule has 0 N–H and O–H groups in total. The van der Waals surface area contributed by atoms with Crippen molar-refractivity contribution < 1.29 is 40.6 Å². The van der Waals surface area contributed by atoms with Crippen LogP contribution < -0.4 is 0 Å². The highest BCUT2D eigenvalue weighted by Gasteiger charge is 2.42. The third kappa shape index (κ3) is 5.08. The summed E-state index contributed by atoms with van der Waals surface area (Å²) < 4.78 is 78.1. The molecule has 0 aliphatic carbocycles. The van der Waals surface area contributed by atoms with Gasteiger partial charge in [-0.2, -0.15) is 26.3 Å². The molecule has 96 valence electrons. The van der Waals surface area contributed by atoms with E-state index in [-0.39, 0.29) is 0 Å². The van der Waals surface area contributed by atoms with Gasteiger partial charge in [-0.15, -0.1) is 0 Å². The van der Waals surface area contributed by atoms with Crippen molar-refractivity contribution in [1.29, 1.82) is 0 Å². The van der Waals surface area contributed by atoms with Gasteiger partial charge in [-0.25, -0.2) is 4.79 Å². The number of carbonyl (C=O) groups is 1. The highest BCUT2D eigenvalue weighted by molar-refractivity contribution is 5.60. The van der Waals surface area contributed by atoms with E-state index in [0.717, 1.165) is 0 Å². The summed E-state index contributed by atoms with van der Waals surface area (Å²) in [5.41, 5.74) is 0. The maximum Gasteiger partial charge on any atom is 0.509 e. The fourth-order valence-corrected chi connectivity index (χ4v) is 0.450. The molecule has 0 aliphatic rings. The van der Waals surface area contributed by atoms with Gasteiger partial charge in [-0.05, 0) is 13.8 Å². The van der Waals surface area contributed by atoms with Crippen molar-refractivity contribution in [3.8, 4) is 0 Å². The summed E-state index contributed by atoms with van der Waals surface area (Å²) in [7, 11) is 0. The highest BCUT2D eigenvalue weighted by Crippen LogP contribution is 2.25. The van der Waals surface area contributed by atoms with Crippen LogP contribution in [0.5, 0.6) is 0 Å². The van der Waals surface area contributed by atoms with Crippen LogP contribution in [0.25, 0.3) is 0 Å². The third-order valence-electron chi connectivity index (χ3n) is 1.47. The lowest BCUT2D eigenvalue weighted by Crippen LogP contribution is -2.35. The lowest BCUT2D eigenvalue weighted by atomic mass is 10.4. The topological polar surface area (TPSA) is 35.5 Å². The zero-order chi connectivity index (χ0) is 13.1. The molecule has 0 bridgehead atoms. The predicted octanol–water partition coefficient (Wildman–Crippen LogP) is 3.04. The van der Waals surface area contributed by atoms with Gasteiger partial charge in [0.2, 0.25) is 0 Å². The average molecular weight is 254 g/mol. The summed E-state index contributed by atoms with van der Waals surface area (Å²) in [4.78, 5) is 10.5. The maximum atomic E-state index is 11.8. The molecule has 0 unspecified atom stereocenters. The molecule has 0 amide bonds. The van der Waals surface area contributed by atoms with E-state index in [1.807, 2.05) is 0 Å². The maximum absolute atomic E-state index is 11.8. The summed E-state index contributed by atoms with van der Waals surface area (Å²) >= 11 is 0. The van der Waals surface area contributed by atoms with Gasteiger partial charge in [0.05, 0.1) is 0 Å². The summed E-state index contributed by atoms with van der Waals surface area (Å²) in [6.45, 7) is 0.943. The first kappa shape index (κ1) is 14.8. The van der Waals surface area contributed by atoms with Gasteiger partial charge in [0.1, 0.15) is 0 Å². The van der Waals surface area contributed by atoms with E-state index in [9.17, 15) is 31.1 Å². The second-order valence-corrected chi connectivity index (χ2v) is 2.85. The second-order valence-electron chi connectivity index (χ2n) is 2.85. The van der Waals surface area contributed by atoms with Gasteiger partial charge in [0.25, 0.3) is 0 Å². The van der Waals surface area contributed by atoms with Crippen molar-refractivity contribution in [3.63, 3.8) is 0 Å². The zero-order valence-electron chi connectivity index (χ0n) is 8.15. The van der Waals surface area contributed by atoms with Crippen molar-refractivity contribution in [3.05, 3.63) is 0 Å². The Morgan fingerprint density at radius 2 is 1.12 bits per heavy atom. The van der Waals surface area contributed by atoms with Crippen LogP contribution in [0.15, 0.2) is 0 Å². The molecule has 0 radical (unpaired) electrons. The Morgan fingerprint density at radius 1 is 0.875 bits per heavy atom. The molecule has 0 aromatic heterocycles. The second kappa shape index (κ2) is 4.79. The summed E-state index contributed by atoms with van der Waals surface area (Å²) in [5.74, 6) is 0. The number of hydrogen-bond donors (Lipinski definition) is 0. The first-order valence-electron chi connectivity index (χ1n) is 3.95. The van der Waals surface area contributed by atoms with Gasteiger partial charge in [-0.1, -0.05) is 0 Å². The van der Waals surface area contributed by atoms with Crippen LogP contribution in [0.4, 0.5) is 31.1 Å². The van der Waals surface area contributed by atoms with E-state index in [4.69, 9.17) is 0 Å². The van der Waals surface area contributed by atoms with Crippen molar-refractivity contribution >= 4 is 6.16 Å². The van der Waals surface area contributed by atoms with Crippen molar-refractivity contribution in [2.75, 3.05) is 0 Å². The minimum Gasteiger partial charge on any atom is -0.422 e. The van der Waals surface area contributed by atoms with Gasteiger partial charge in [0.15, 0.2) is 12.2 Å². The molecule has 9 heteroatoms. The molecule has 2 atom stereocenters. The molecular weight excluding hydrogens is 246 g/mol. The first-order chi connectivity index (χ1) is 6.94. The number of hydrogen-bond acceptors (Lipinski definition) is 3. The van der Waals surface area contributed by atoms with Crippen molar-refractivity contribution in [2.24, 2.45) is 0 Å². The summed E-state index contributed by atoms with van der Waals surface area (Å²) in [6, 6.07) is 0. The van der Waals surface area contributed by atoms with Gasteiger partial charge in [-0.3, -0.25) is 0 Å². The molecule has 0 spiro atoms. The Bertz CT molecular complexity index is 221. The van der Waals surface area contributed by atoms with Crippen LogP contribution in [-0.4, -0.2) is 30.7 Å². The average Bonchev–Trinajstić information content (AvgIpc) is 1.99. The number of alkyl halides is 6. The van der Waals surface area contributed by atoms with E-state index >= 15 is 0 Å². The quantitative estimate of drug-likeness (QED) is 0.561. The third-order valence-corrected chi connectivity index (χ3v) is 1.47. The van der Waals surface area contributed by atoms with E-state index < -0.39 is 30.7 Å². The van der Waals surface area contributed by atoms with E-state index in [1.165, 1.54) is 0 Å². The highest BCUT2D eigenvalue weighted by atomic mass is 19.4. The molecule has 0 saturated heterocycles. The molecule has 3 nitrogen and oxygen atoms in total. The Hall–Kier alpha value is -1.15. The van der Waals surface area contributed by atoms with E-state index in [0.29, 0.717) is 13.8 Å². The molecule has 0 aromatic carbocycles. The molecule has 0 aliphatic heterocycles. The summed E-state index contributed by atoms with van der Waals surface area (Å²) in [6.07, 6.45) is -16.8. The van der Waals surface area contributed by atoms with Crippen LogP contribution in [-0.2, 0) is 9.47 Å². The Balaban J connectivity index is 4.21. The molecule has 0 fully saturated rings. The van der Waals surface area contributed by atoms with E-state index in [2.05, 4.69) is 9.47 Å². The normalized spacial score (nSPS) is 16.5. The number of carbonyl (C=O) groups excluding carboxylic acids is 1. The first-order valence-corrected chi connectivity index (χ1v) is 3.95. The molecule has 0 aromatic rings. The Morgan fingerprint density at radius 3 is 1.31 bits per heavy atom. The monoisotopic (exact) mass is 254 g/mol. The van der Waals surface area contributed by atoms with E-state index in [1.54, 1.807) is 0 Å². The number of rotatable bonds is 2. The smallest absolute Gasteiger partial charge is 0.422 e. The number of ether oxygens (including phenoxy) is 2.